The third-order valence-electron chi connectivity index (χ3n) is 2.83. The number of thioether (sulfide) groups is 1. The fourth-order valence-electron chi connectivity index (χ4n) is 1.92. The van der Waals surface area contributed by atoms with Gasteiger partial charge >= 0.3 is 0 Å². The zero-order chi connectivity index (χ0) is 14.5. The van der Waals surface area contributed by atoms with E-state index in [4.69, 9.17) is 5.11 Å². The molecule has 1 N–H and O–H groups in total. The predicted octanol–water partition coefficient (Wildman–Crippen LogP) is 2.41. The molecule has 0 saturated heterocycles. The van der Waals surface area contributed by atoms with Crippen molar-refractivity contribution >= 4 is 11.8 Å². The minimum absolute atomic E-state index is 0.104. The Balaban J connectivity index is 2.06. The van der Waals surface area contributed by atoms with Crippen molar-refractivity contribution in [2.75, 3.05) is 12.4 Å². The van der Waals surface area contributed by atoms with Crippen LogP contribution in [0.25, 0.3) is 17.1 Å². The Labute approximate surface area is 126 Å². The highest BCUT2D eigenvalue weighted by atomic mass is 32.2. The molecule has 21 heavy (non-hydrogen) atoms. The van der Waals surface area contributed by atoms with Gasteiger partial charge in [0, 0.05) is 17.5 Å². The van der Waals surface area contributed by atoms with E-state index in [-0.39, 0.29) is 6.61 Å². The first kappa shape index (κ1) is 13.8. The number of aromatic nitrogens is 4. The van der Waals surface area contributed by atoms with Crippen LogP contribution in [0.1, 0.15) is 0 Å². The van der Waals surface area contributed by atoms with E-state index >= 15 is 0 Å². The van der Waals surface area contributed by atoms with Crippen molar-refractivity contribution in [3.05, 3.63) is 54.9 Å². The van der Waals surface area contributed by atoms with Gasteiger partial charge < -0.3 is 5.11 Å². The van der Waals surface area contributed by atoms with Gasteiger partial charge in [0.2, 0.25) is 5.16 Å². The molecule has 0 fully saturated rings. The van der Waals surface area contributed by atoms with Crippen LogP contribution in [0.3, 0.4) is 0 Å². The molecule has 0 amide bonds. The fraction of sp³-hybridized carbons (Fsp3) is 0.133. The Bertz CT molecular complexity index is 643. The number of nitrogens with zero attached hydrogens (tertiary/aromatic N) is 4. The summed E-state index contributed by atoms with van der Waals surface area (Å²) in [4.78, 5) is 8.70. The van der Waals surface area contributed by atoms with E-state index in [9.17, 15) is 0 Å². The highest BCUT2D eigenvalue weighted by molar-refractivity contribution is 7.99. The summed E-state index contributed by atoms with van der Waals surface area (Å²) >= 11 is 1.43. The first-order valence-electron chi connectivity index (χ1n) is 6.55. The molecule has 0 aliphatic carbocycles. The number of aliphatic hydroxyl groups is 1. The quantitative estimate of drug-likeness (QED) is 0.733. The molecule has 0 bridgehead atoms. The van der Waals surface area contributed by atoms with Crippen molar-refractivity contribution in [2.24, 2.45) is 0 Å². The first-order valence-corrected chi connectivity index (χ1v) is 7.53. The predicted molar refractivity (Wildman–Crippen MR) is 82.4 cm³/mol. The van der Waals surface area contributed by atoms with Crippen LogP contribution in [0, 0.1) is 0 Å². The highest BCUT2D eigenvalue weighted by Crippen LogP contribution is 2.24. The Morgan fingerprint density at radius 1 is 1.10 bits per heavy atom. The Kier molecular flexibility index (Phi) is 4.28. The van der Waals surface area contributed by atoms with Gasteiger partial charge in [0.1, 0.15) is 0 Å². The Morgan fingerprint density at radius 2 is 1.95 bits per heavy atom. The summed E-state index contributed by atoms with van der Waals surface area (Å²) in [5.74, 6) is 1.34. The number of rotatable bonds is 5. The Hall–Kier alpha value is -2.18. The molecule has 5 nitrogen and oxygen atoms in total. The van der Waals surface area contributed by atoms with Gasteiger partial charge in [-0.3, -0.25) is 4.98 Å². The van der Waals surface area contributed by atoms with Gasteiger partial charge in [-0.1, -0.05) is 42.1 Å². The van der Waals surface area contributed by atoms with Crippen LogP contribution in [-0.2, 0) is 0 Å². The summed E-state index contributed by atoms with van der Waals surface area (Å²) in [6.45, 7) is 0.104. The van der Waals surface area contributed by atoms with Crippen molar-refractivity contribution in [3.8, 4) is 17.1 Å². The molecule has 0 aliphatic heterocycles. The summed E-state index contributed by atoms with van der Waals surface area (Å²) < 4.78 is 1.78. The molecular formula is C15H14N4OS. The monoisotopic (exact) mass is 298 g/mol. The molecule has 0 aliphatic rings. The third-order valence-corrected chi connectivity index (χ3v) is 3.65. The minimum Gasteiger partial charge on any atom is -0.396 e. The van der Waals surface area contributed by atoms with Crippen LogP contribution in [-0.4, -0.2) is 37.2 Å². The van der Waals surface area contributed by atoms with Crippen molar-refractivity contribution in [2.45, 2.75) is 5.16 Å². The molecule has 0 unspecified atom stereocenters. The van der Waals surface area contributed by atoms with Crippen LogP contribution in [0.5, 0.6) is 0 Å². The summed E-state index contributed by atoms with van der Waals surface area (Å²) in [5.41, 5.74) is 1.85. The van der Waals surface area contributed by atoms with Crippen molar-refractivity contribution in [1.82, 2.24) is 19.7 Å². The van der Waals surface area contributed by atoms with E-state index in [0.717, 1.165) is 17.1 Å². The topological polar surface area (TPSA) is 63.8 Å². The van der Waals surface area contributed by atoms with E-state index in [1.165, 1.54) is 11.8 Å². The van der Waals surface area contributed by atoms with Crippen LogP contribution in [0.15, 0.2) is 60.0 Å². The summed E-state index contributed by atoms with van der Waals surface area (Å²) in [5, 5.41) is 14.1. The van der Waals surface area contributed by atoms with E-state index in [2.05, 4.69) is 15.1 Å². The zero-order valence-electron chi connectivity index (χ0n) is 11.3. The number of aliphatic hydroxyl groups excluding tert-OH is 1. The molecule has 0 spiro atoms. The molecular weight excluding hydrogens is 284 g/mol. The molecule has 2 aromatic heterocycles. The lowest BCUT2D eigenvalue weighted by molar-refractivity contribution is 0.322. The van der Waals surface area contributed by atoms with Crippen molar-refractivity contribution in [3.63, 3.8) is 0 Å². The number of benzene rings is 1. The number of hydrogen-bond acceptors (Lipinski definition) is 5. The van der Waals surface area contributed by atoms with E-state index in [1.807, 2.05) is 42.5 Å². The van der Waals surface area contributed by atoms with Crippen LogP contribution in [0.2, 0.25) is 0 Å². The Morgan fingerprint density at radius 3 is 2.67 bits per heavy atom. The van der Waals surface area contributed by atoms with Crippen molar-refractivity contribution < 1.29 is 5.11 Å². The van der Waals surface area contributed by atoms with Crippen LogP contribution < -0.4 is 0 Å². The second-order valence-electron chi connectivity index (χ2n) is 4.28. The third kappa shape index (κ3) is 3.12. The van der Waals surface area contributed by atoms with E-state index < -0.39 is 0 Å². The smallest absolute Gasteiger partial charge is 0.209 e. The molecule has 3 aromatic rings. The van der Waals surface area contributed by atoms with E-state index in [1.54, 1.807) is 17.1 Å². The molecule has 3 rings (SSSR count). The second-order valence-corrected chi connectivity index (χ2v) is 5.34. The van der Waals surface area contributed by atoms with Gasteiger partial charge in [0.15, 0.2) is 5.82 Å². The zero-order valence-corrected chi connectivity index (χ0v) is 12.1. The first-order chi connectivity index (χ1) is 10.4. The molecule has 106 valence electrons. The van der Waals surface area contributed by atoms with Gasteiger partial charge in [-0.05, 0) is 12.1 Å². The molecule has 2 heterocycles. The lowest BCUT2D eigenvalue weighted by atomic mass is 10.2. The van der Waals surface area contributed by atoms with Gasteiger partial charge in [0.05, 0.1) is 18.5 Å². The standard InChI is InChI=1S/C15H14N4OS/c20-9-10-21-15-17-14(12-5-2-1-3-6-12)19(18-15)13-7-4-8-16-11-13/h1-8,11,20H,9-10H2. The summed E-state index contributed by atoms with van der Waals surface area (Å²) in [6, 6.07) is 13.7. The summed E-state index contributed by atoms with van der Waals surface area (Å²) in [7, 11) is 0. The van der Waals surface area contributed by atoms with Gasteiger partial charge in [0.25, 0.3) is 0 Å². The van der Waals surface area contributed by atoms with Gasteiger partial charge in [-0.15, -0.1) is 5.10 Å². The maximum absolute atomic E-state index is 8.94. The average Bonchev–Trinajstić information content (AvgIpc) is 2.99. The number of hydrogen-bond donors (Lipinski definition) is 1. The SMILES string of the molecule is OCCSc1nc(-c2ccccc2)n(-c2cccnc2)n1. The molecule has 0 atom stereocenters. The molecule has 0 radical (unpaired) electrons. The minimum atomic E-state index is 0.104. The maximum Gasteiger partial charge on any atom is 0.209 e. The maximum atomic E-state index is 8.94. The normalized spacial score (nSPS) is 10.7. The second kappa shape index (κ2) is 6.51. The van der Waals surface area contributed by atoms with Crippen LogP contribution >= 0.6 is 11.8 Å². The lowest BCUT2D eigenvalue weighted by Crippen LogP contribution is -1.99. The van der Waals surface area contributed by atoms with Gasteiger partial charge in [-0.2, -0.15) is 0 Å². The lowest BCUT2D eigenvalue weighted by Gasteiger charge is -2.04. The number of pyridine rings is 1. The molecule has 1 aromatic carbocycles. The largest absolute Gasteiger partial charge is 0.396 e. The molecule has 6 heteroatoms. The van der Waals surface area contributed by atoms with Gasteiger partial charge in [-0.25, -0.2) is 9.67 Å². The highest BCUT2D eigenvalue weighted by Gasteiger charge is 2.13. The average molecular weight is 298 g/mol. The van der Waals surface area contributed by atoms with E-state index in [0.29, 0.717) is 10.9 Å². The van der Waals surface area contributed by atoms with Crippen LogP contribution in [0.4, 0.5) is 0 Å². The fourth-order valence-corrected chi connectivity index (χ4v) is 2.49. The molecule has 0 saturated carbocycles. The summed E-state index contributed by atoms with van der Waals surface area (Å²) in [6.07, 6.45) is 3.48. The van der Waals surface area contributed by atoms with Crippen molar-refractivity contribution in [1.29, 1.82) is 0 Å².